The maximum Gasteiger partial charge on any atom is 0.335 e. The summed E-state index contributed by atoms with van der Waals surface area (Å²) in [5, 5.41) is 27.4. The van der Waals surface area contributed by atoms with Crippen molar-refractivity contribution in [3.63, 3.8) is 0 Å². The van der Waals surface area contributed by atoms with E-state index in [4.69, 9.17) is 5.11 Å². The molecule has 2 rings (SSSR count). The molecule has 13 heteroatoms. The van der Waals surface area contributed by atoms with Gasteiger partial charge in [0.15, 0.2) is 0 Å². The third-order valence-corrected chi connectivity index (χ3v) is 7.58. The summed E-state index contributed by atoms with van der Waals surface area (Å²) in [7, 11) is -7.60. The summed E-state index contributed by atoms with van der Waals surface area (Å²) in [6, 6.07) is 9.19. The van der Waals surface area contributed by atoms with Gasteiger partial charge in [0.1, 0.15) is 0 Å². The first-order chi connectivity index (χ1) is 15.7. The highest BCUT2D eigenvalue weighted by molar-refractivity contribution is 7.89. The number of rotatable bonds is 9. The van der Waals surface area contributed by atoms with E-state index in [9.17, 15) is 31.3 Å². The lowest BCUT2D eigenvalue weighted by Crippen LogP contribution is -2.31. The number of nitrogens with one attached hydrogen (secondary N) is 1. The number of azo groups is 1. The van der Waals surface area contributed by atoms with Crippen LogP contribution < -0.4 is 9.83 Å². The molecule has 0 saturated heterocycles. The van der Waals surface area contributed by atoms with Crippen molar-refractivity contribution in [1.29, 1.82) is 0 Å². The zero-order valence-corrected chi connectivity index (χ0v) is 20.8. The van der Waals surface area contributed by atoms with Crippen LogP contribution in [-0.4, -0.2) is 43.8 Å². The van der Waals surface area contributed by atoms with Crippen LogP contribution >= 0.6 is 0 Å². The van der Waals surface area contributed by atoms with Crippen molar-refractivity contribution in [2.75, 3.05) is 0 Å². The number of carboxylic acids is 1. The zero-order chi connectivity index (χ0) is 26.1. The van der Waals surface area contributed by atoms with Crippen molar-refractivity contribution in [2.24, 2.45) is 10.2 Å². The van der Waals surface area contributed by atoms with Crippen molar-refractivity contribution in [2.45, 2.75) is 56.7 Å². The first-order valence-electron chi connectivity index (χ1n) is 10.2. The van der Waals surface area contributed by atoms with E-state index < -0.39 is 37.1 Å². The van der Waals surface area contributed by atoms with Crippen molar-refractivity contribution in [1.82, 2.24) is 4.72 Å². The fraction of sp³-hybridized carbons (Fsp3) is 0.381. The molecule has 2 atom stereocenters. The monoisotopic (exact) mass is 513 g/mol. The Morgan fingerprint density at radius 1 is 0.971 bits per heavy atom. The molecule has 2 N–H and O–H groups in total. The second-order valence-electron chi connectivity index (χ2n) is 7.32. The number of sulfonamides is 1. The number of hydrogen-bond donors (Lipinski definition) is 2. The van der Waals surface area contributed by atoms with Crippen LogP contribution in [0.4, 0.5) is 11.4 Å². The van der Waals surface area contributed by atoms with Gasteiger partial charge in [-0.05, 0) is 63.1 Å². The molecule has 0 aromatic heterocycles. The van der Waals surface area contributed by atoms with E-state index in [1.807, 2.05) is 6.92 Å². The molecule has 0 bridgehead atoms. The minimum Gasteiger partial charge on any atom is -0.872 e. The third kappa shape index (κ3) is 9.17. The molecular weight excluding hydrogens is 486 g/mol. The van der Waals surface area contributed by atoms with Gasteiger partial charge in [0, 0.05) is 11.3 Å². The van der Waals surface area contributed by atoms with Crippen LogP contribution in [0.5, 0.6) is 5.75 Å². The summed E-state index contributed by atoms with van der Waals surface area (Å²) in [4.78, 5) is 11.1. The number of benzene rings is 2. The summed E-state index contributed by atoms with van der Waals surface area (Å²) in [6.45, 7) is 6.73. The van der Waals surface area contributed by atoms with Crippen LogP contribution in [0.25, 0.3) is 0 Å². The quantitative estimate of drug-likeness (QED) is 0.377. The molecule has 0 aliphatic carbocycles. The van der Waals surface area contributed by atoms with Crippen molar-refractivity contribution in [3.05, 3.63) is 48.0 Å². The first-order valence-corrected chi connectivity index (χ1v) is 13.2. The lowest BCUT2D eigenvalue weighted by molar-refractivity contribution is -0.268. The van der Waals surface area contributed by atoms with Crippen LogP contribution in [0.1, 0.15) is 50.9 Å². The zero-order valence-electron chi connectivity index (χ0n) is 19.1. The predicted molar refractivity (Wildman–Crippen MR) is 123 cm³/mol. The Labute approximate surface area is 199 Å². The Morgan fingerprint density at radius 2 is 1.50 bits per heavy atom. The van der Waals surface area contributed by atoms with Gasteiger partial charge in [0.05, 0.1) is 32.0 Å². The molecule has 0 saturated carbocycles. The molecule has 0 aliphatic heterocycles. The van der Waals surface area contributed by atoms with Crippen molar-refractivity contribution >= 4 is 37.5 Å². The van der Waals surface area contributed by atoms with E-state index in [-0.39, 0.29) is 22.2 Å². The highest BCUT2D eigenvalue weighted by atomic mass is 32.2. The van der Waals surface area contributed by atoms with Gasteiger partial charge in [-0.15, -0.1) is 0 Å². The second-order valence-corrected chi connectivity index (χ2v) is 10.8. The maximum atomic E-state index is 12.2. The average molecular weight is 514 g/mol. The summed E-state index contributed by atoms with van der Waals surface area (Å²) in [5.74, 6) is -1.95. The second kappa shape index (κ2) is 12.6. The third-order valence-electron chi connectivity index (χ3n) is 4.66. The number of hydrogen-bond acceptors (Lipinski definition) is 9. The normalized spacial score (nSPS) is 13.7. The Balaban J connectivity index is 0.000000620. The molecule has 2 aromatic carbocycles. The van der Waals surface area contributed by atoms with Gasteiger partial charge in [-0.2, -0.15) is 10.2 Å². The van der Waals surface area contributed by atoms with Crippen LogP contribution in [0, 0.1) is 0 Å². The fourth-order valence-electron chi connectivity index (χ4n) is 2.18. The molecule has 11 nitrogen and oxygen atoms in total. The highest BCUT2D eigenvalue weighted by Crippen LogP contribution is 2.24. The Bertz CT molecular complexity index is 1210. The van der Waals surface area contributed by atoms with Gasteiger partial charge >= 0.3 is 5.97 Å². The molecule has 0 fully saturated rings. The molecule has 188 valence electrons. The van der Waals surface area contributed by atoms with E-state index in [0.29, 0.717) is 18.5 Å². The molecule has 0 radical (unpaired) electrons. The van der Waals surface area contributed by atoms with Crippen LogP contribution in [0.15, 0.2) is 57.6 Å². The standard InChI is InChI=1S/C17H19N3O5S.C4H10O3S/c1-3-11(2)20-26(24,25)14-7-4-12(5-8-14)18-19-13-6-9-16(21)15(10-13)17(22)23;1-3-4(2)8(5,6)7/h4-11,20-21H,3H2,1-2H3,(H,22,23);4H,3H2,1-2H3,(H,5,6,7)/p-2. The fourth-order valence-corrected chi connectivity index (χ4v) is 3.91. The smallest absolute Gasteiger partial charge is 0.335 e. The Hall–Kier alpha value is -2.87. The first kappa shape index (κ1) is 29.2. The molecular formula is C21H27N3O8S2-2. The van der Waals surface area contributed by atoms with Crippen LogP contribution in [-0.2, 0) is 20.1 Å². The van der Waals surface area contributed by atoms with Crippen LogP contribution in [0.2, 0.25) is 0 Å². The van der Waals surface area contributed by atoms with Gasteiger partial charge in [0.2, 0.25) is 10.0 Å². The van der Waals surface area contributed by atoms with Gasteiger partial charge in [-0.3, -0.25) is 0 Å². The molecule has 0 amide bonds. The molecule has 2 aromatic rings. The van der Waals surface area contributed by atoms with Gasteiger partial charge in [-0.25, -0.2) is 26.4 Å². The van der Waals surface area contributed by atoms with Gasteiger partial charge in [-0.1, -0.05) is 25.7 Å². The SMILES string of the molecule is CCC(C)NS(=O)(=O)c1ccc(N=Nc2ccc([O-])c(C(=O)O)c2)cc1.CCC(C)S(=O)(=O)[O-]. The summed E-state index contributed by atoms with van der Waals surface area (Å²) in [5.41, 5.74) is 0.201. The van der Waals surface area contributed by atoms with E-state index in [0.717, 1.165) is 12.1 Å². The lowest BCUT2D eigenvalue weighted by Gasteiger charge is -2.12. The van der Waals surface area contributed by atoms with E-state index in [1.54, 1.807) is 13.8 Å². The minimum atomic E-state index is -4.00. The van der Waals surface area contributed by atoms with Crippen LogP contribution in [0.3, 0.4) is 0 Å². The largest absolute Gasteiger partial charge is 0.872 e. The Morgan fingerprint density at radius 3 is 1.94 bits per heavy atom. The van der Waals surface area contributed by atoms with E-state index >= 15 is 0 Å². The topological polar surface area (TPSA) is 188 Å². The molecule has 0 heterocycles. The van der Waals surface area contributed by atoms with E-state index in [2.05, 4.69) is 15.0 Å². The Kier molecular flexibility index (Phi) is 10.8. The molecule has 0 spiro atoms. The van der Waals surface area contributed by atoms with Gasteiger partial charge in [0.25, 0.3) is 0 Å². The minimum absolute atomic E-state index is 0.112. The summed E-state index contributed by atoms with van der Waals surface area (Å²) in [6.07, 6.45) is 1.07. The highest BCUT2D eigenvalue weighted by Gasteiger charge is 2.16. The number of carbonyl (C=O) groups is 1. The number of aromatic carboxylic acids is 1. The number of nitrogens with zero attached hydrogens (tertiary/aromatic N) is 2. The maximum absolute atomic E-state index is 12.2. The number of carboxylic acid groups (broad SMARTS) is 1. The van der Waals surface area contributed by atoms with Crippen molar-refractivity contribution < 1.29 is 36.4 Å². The summed E-state index contributed by atoms with van der Waals surface area (Å²) < 4.78 is 56.9. The average Bonchev–Trinajstić information content (AvgIpc) is 2.77. The molecule has 2 unspecified atom stereocenters. The molecule has 34 heavy (non-hydrogen) atoms. The van der Waals surface area contributed by atoms with Gasteiger partial charge < -0.3 is 14.8 Å². The van der Waals surface area contributed by atoms with E-state index in [1.165, 1.54) is 37.3 Å². The summed E-state index contributed by atoms with van der Waals surface area (Å²) >= 11 is 0. The van der Waals surface area contributed by atoms with Crippen molar-refractivity contribution in [3.8, 4) is 5.75 Å². The lowest BCUT2D eigenvalue weighted by atomic mass is 10.2. The molecule has 0 aliphatic rings. The predicted octanol–water partition coefficient (Wildman–Crippen LogP) is 3.28.